The zero-order valence-corrected chi connectivity index (χ0v) is 17.8. The third-order valence-corrected chi connectivity index (χ3v) is 5.75. The second kappa shape index (κ2) is 7.86. The molecule has 6 heteroatoms. The van der Waals surface area contributed by atoms with Crippen molar-refractivity contribution >= 4 is 22.6 Å². The lowest BCUT2D eigenvalue weighted by Crippen LogP contribution is -2.29. The standard InChI is InChI=1S/C26H21N3O3/c1-3-31-25(30)19-11-8-12-21-23(19)29(26(28-21)32-4-2)24-18-14-13-17(22(24)20(18)15-27)16-9-6-5-7-10-16/h5-14,24H,3-4H2,1-2H3. The molecular weight excluding hydrogens is 402 g/mol. The Morgan fingerprint density at radius 2 is 1.91 bits per heavy atom. The fraction of sp³-hybridized carbons (Fsp3) is 0.192. The van der Waals surface area contributed by atoms with Crippen LogP contribution in [-0.4, -0.2) is 28.7 Å². The first-order valence-electron chi connectivity index (χ1n) is 10.6. The highest BCUT2D eigenvalue weighted by atomic mass is 16.5. The van der Waals surface area contributed by atoms with Gasteiger partial charge in [-0.05, 0) is 42.7 Å². The van der Waals surface area contributed by atoms with Gasteiger partial charge in [-0.3, -0.25) is 4.57 Å². The lowest BCUT2D eigenvalue weighted by atomic mass is 9.69. The summed E-state index contributed by atoms with van der Waals surface area (Å²) in [5.41, 5.74) is 6.20. The molecule has 0 saturated heterocycles. The zero-order chi connectivity index (χ0) is 22.2. The topological polar surface area (TPSA) is 77.1 Å². The van der Waals surface area contributed by atoms with Crippen LogP contribution in [0.25, 0.3) is 16.6 Å². The molecule has 1 unspecified atom stereocenters. The predicted octanol–water partition coefficient (Wildman–Crippen LogP) is 5.01. The third-order valence-electron chi connectivity index (χ3n) is 5.75. The molecule has 32 heavy (non-hydrogen) atoms. The van der Waals surface area contributed by atoms with Crippen molar-refractivity contribution in [1.29, 1.82) is 5.26 Å². The fourth-order valence-corrected chi connectivity index (χ4v) is 4.46. The van der Waals surface area contributed by atoms with E-state index in [4.69, 9.17) is 9.47 Å². The molecule has 5 rings (SSSR count). The van der Waals surface area contributed by atoms with E-state index < -0.39 is 5.97 Å². The van der Waals surface area contributed by atoms with Crippen LogP contribution in [0.1, 0.15) is 35.8 Å². The van der Waals surface area contributed by atoms with E-state index in [0.29, 0.717) is 34.8 Å². The van der Waals surface area contributed by atoms with Gasteiger partial charge in [0.25, 0.3) is 6.01 Å². The molecule has 1 aromatic heterocycles. The summed E-state index contributed by atoms with van der Waals surface area (Å²) in [5.74, 6) is -0.408. The van der Waals surface area contributed by atoms with E-state index in [-0.39, 0.29) is 12.6 Å². The maximum absolute atomic E-state index is 12.8. The molecule has 2 bridgehead atoms. The number of benzene rings is 2. The maximum atomic E-state index is 12.8. The predicted molar refractivity (Wildman–Crippen MR) is 121 cm³/mol. The van der Waals surface area contributed by atoms with Gasteiger partial charge < -0.3 is 9.47 Å². The van der Waals surface area contributed by atoms with Crippen molar-refractivity contribution < 1.29 is 14.3 Å². The molecule has 158 valence electrons. The maximum Gasteiger partial charge on any atom is 0.340 e. The van der Waals surface area contributed by atoms with Gasteiger partial charge in [0, 0.05) is 5.57 Å². The molecular formula is C26H21N3O3. The minimum Gasteiger partial charge on any atom is -0.465 e. The highest BCUT2D eigenvalue weighted by Crippen LogP contribution is 2.55. The Bertz CT molecular complexity index is 1370. The first-order chi connectivity index (χ1) is 15.7. The van der Waals surface area contributed by atoms with Crippen molar-refractivity contribution in [1.82, 2.24) is 9.55 Å². The first-order valence-corrected chi connectivity index (χ1v) is 10.6. The average Bonchev–Trinajstić information content (AvgIpc) is 3.18. The monoisotopic (exact) mass is 423 g/mol. The number of hydrogen-bond donors (Lipinski definition) is 0. The molecule has 0 saturated carbocycles. The lowest BCUT2D eigenvalue weighted by molar-refractivity contribution is 0.0528. The van der Waals surface area contributed by atoms with Crippen LogP contribution < -0.4 is 4.74 Å². The Morgan fingerprint density at radius 3 is 2.62 bits per heavy atom. The van der Waals surface area contributed by atoms with Crippen molar-refractivity contribution in [2.24, 2.45) is 0 Å². The Morgan fingerprint density at radius 1 is 1.09 bits per heavy atom. The Kier molecular flexibility index (Phi) is 4.87. The largest absolute Gasteiger partial charge is 0.465 e. The van der Waals surface area contributed by atoms with Crippen molar-refractivity contribution in [3.05, 3.63) is 88.5 Å². The van der Waals surface area contributed by atoms with Crippen molar-refractivity contribution in [3.8, 4) is 12.1 Å². The van der Waals surface area contributed by atoms with Gasteiger partial charge >= 0.3 is 5.97 Å². The molecule has 2 aliphatic carbocycles. The van der Waals surface area contributed by atoms with E-state index in [1.807, 2.05) is 60.0 Å². The van der Waals surface area contributed by atoms with Gasteiger partial charge in [0.15, 0.2) is 0 Å². The third kappa shape index (κ3) is 2.86. The van der Waals surface area contributed by atoms with Gasteiger partial charge in [-0.2, -0.15) is 10.2 Å². The Hall–Kier alpha value is -4.11. The highest BCUT2D eigenvalue weighted by Gasteiger charge is 2.43. The number of nitrogens with zero attached hydrogens (tertiary/aromatic N) is 3. The van der Waals surface area contributed by atoms with Crippen LogP contribution in [0.5, 0.6) is 6.01 Å². The van der Waals surface area contributed by atoms with E-state index in [9.17, 15) is 10.1 Å². The number of allylic oxidation sites excluding steroid dienone is 6. The molecule has 1 atom stereocenters. The van der Waals surface area contributed by atoms with E-state index in [1.54, 1.807) is 19.1 Å². The highest BCUT2D eigenvalue weighted by molar-refractivity contribution is 6.03. The fourth-order valence-electron chi connectivity index (χ4n) is 4.46. The molecule has 0 amide bonds. The van der Waals surface area contributed by atoms with E-state index >= 15 is 0 Å². The van der Waals surface area contributed by atoms with Crippen LogP contribution in [0.4, 0.5) is 0 Å². The van der Waals surface area contributed by atoms with E-state index in [2.05, 4.69) is 11.1 Å². The Balaban J connectivity index is 1.74. The summed E-state index contributed by atoms with van der Waals surface area (Å²) in [6.45, 7) is 4.38. The molecule has 0 fully saturated rings. The molecule has 2 aromatic carbocycles. The number of esters is 1. The summed E-state index contributed by atoms with van der Waals surface area (Å²) in [5, 5.41) is 9.86. The SMILES string of the molecule is CCOC(=O)c1cccc2nc(OCC)n(C3c4ccc(-c5ccccc5)c3c4C#N)c12. The van der Waals surface area contributed by atoms with E-state index in [1.165, 1.54) is 0 Å². The van der Waals surface area contributed by atoms with Gasteiger partial charge in [-0.15, -0.1) is 0 Å². The van der Waals surface area contributed by atoms with Gasteiger partial charge in [0.1, 0.15) is 0 Å². The number of nitriles is 1. The van der Waals surface area contributed by atoms with Crippen LogP contribution in [0.2, 0.25) is 0 Å². The molecule has 3 aromatic rings. The van der Waals surface area contributed by atoms with Gasteiger partial charge in [0.05, 0.1) is 47.5 Å². The molecule has 6 nitrogen and oxygen atoms in total. The summed E-state index contributed by atoms with van der Waals surface area (Å²) in [7, 11) is 0. The molecule has 0 radical (unpaired) electrons. The van der Waals surface area contributed by atoms with Crippen LogP contribution >= 0.6 is 0 Å². The normalized spacial score (nSPS) is 16.7. The number of ether oxygens (including phenoxy) is 2. The number of para-hydroxylation sites is 1. The summed E-state index contributed by atoms with van der Waals surface area (Å²) >= 11 is 0. The lowest BCUT2D eigenvalue weighted by Gasteiger charge is -2.39. The van der Waals surface area contributed by atoms with Gasteiger partial charge in [-0.25, -0.2) is 4.79 Å². The molecule has 0 spiro atoms. The zero-order valence-electron chi connectivity index (χ0n) is 17.8. The summed E-state index contributed by atoms with van der Waals surface area (Å²) < 4.78 is 13.1. The molecule has 0 aliphatic heterocycles. The van der Waals surface area contributed by atoms with Gasteiger partial charge in [0.2, 0.25) is 0 Å². The number of carbonyl (C=O) groups is 1. The molecule has 1 heterocycles. The van der Waals surface area contributed by atoms with Gasteiger partial charge in [-0.1, -0.05) is 48.6 Å². The molecule has 2 aliphatic rings. The first kappa shape index (κ1) is 19.8. The van der Waals surface area contributed by atoms with Crippen molar-refractivity contribution in [3.63, 3.8) is 0 Å². The number of carbonyl (C=O) groups excluding carboxylic acids is 1. The van der Waals surface area contributed by atoms with E-state index in [0.717, 1.165) is 22.3 Å². The van der Waals surface area contributed by atoms with Crippen LogP contribution in [0.3, 0.4) is 0 Å². The summed E-state index contributed by atoms with van der Waals surface area (Å²) in [6, 6.07) is 17.9. The van der Waals surface area contributed by atoms with Crippen LogP contribution in [-0.2, 0) is 4.74 Å². The quantitative estimate of drug-likeness (QED) is 0.521. The second-order valence-electron chi connectivity index (χ2n) is 7.46. The number of hydrogen-bond acceptors (Lipinski definition) is 5. The van der Waals surface area contributed by atoms with Crippen LogP contribution in [0.15, 0.2) is 77.4 Å². The second-order valence-corrected chi connectivity index (χ2v) is 7.46. The van der Waals surface area contributed by atoms with Crippen LogP contribution in [0, 0.1) is 11.3 Å². The molecule has 0 N–H and O–H groups in total. The minimum absolute atomic E-state index is 0.271. The van der Waals surface area contributed by atoms with Crippen molar-refractivity contribution in [2.45, 2.75) is 19.9 Å². The number of aromatic nitrogens is 2. The number of rotatable bonds is 6. The van der Waals surface area contributed by atoms with Crippen molar-refractivity contribution in [2.75, 3.05) is 13.2 Å². The Labute approximate surface area is 185 Å². The number of imidazole rings is 1. The number of fused-ring (bicyclic) bond motifs is 3. The smallest absolute Gasteiger partial charge is 0.340 e. The summed E-state index contributed by atoms with van der Waals surface area (Å²) in [6.07, 6.45) is 4.02. The minimum atomic E-state index is -0.408. The average molecular weight is 423 g/mol. The summed E-state index contributed by atoms with van der Waals surface area (Å²) in [4.78, 5) is 17.4.